The molecule has 32 heavy (non-hydrogen) atoms. The Bertz CT molecular complexity index is 1000. The Kier molecular flexibility index (Phi) is 8.80. The summed E-state index contributed by atoms with van der Waals surface area (Å²) in [7, 11) is 4.11. The molecule has 0 saturated carbocycles. The van der Waals surface area contributed by atoms with Crippen molar-refractivity contribution >= 4 is 16.6 Å². The van der Waals surface area contributed by atoms with E-state index < -0.39 is 6.10 Å². The number of ether oxygens (including phenoxy) is 1. The van der Waals surface area contributed by atoms with Crippen molar-refractivity contribution in [2.75, 3.05) is 33.8 Å². The third kappa shape index (κ3) is 6.89. The molecule has 5 heteroatoms. The molecule has 0 radical (unpaired) electrons. The van der Waals surface area contributed by atoms with Crippen molar-refractivity contribution in [1.29, 1.82) is 0 Å². The van der Waals surface area contributed by atoms with Crippen molar-refractivity contribution in [3.05, 3.63) is 77.9 Å². The first-order valence-electron chi connectivity index (χ1n) is 11.2. The average molecular weight is 435 g/mol. The molecule has 5 nitrogen and oxygen atoms in total. The van der Waals surface area contributed by atoms with Crippen LogP contribution in [-0.4, -0.2) is 55.6 Å². The molecule has 0 aliphatic carbocycles. The Hall–Kier alpha value is -2.73. The topological polar surface area (TPSA) is 61.8 Å². The summed E-state index contributed by atoms with van der Waals surface area (Å²) >= 11 is 0. The normalized spacial score (nSPS) is 13.3. The molecule has 2 atom stereocenters. The lowest BCUT2D eigenvalue weighted by Crippen LogP contribution is -2.33. The van der Waals surface area contributed by atoms with Gasteiger partial charge in [-0.3, -0.25) is 4.79 Å². The van der Waals surface area contributed by atoms with Crippen LogP contribution < -0.4 is 10.1 Å². The molecule has 3 aromatic carbocycles. The van der Waals surface area contributed by atoms with Crippen molar-refractivity contribution in [3.63, 3.8) is 0 Å². The van der Waals surface area contributed by atoms with Crippen LogP contribution >= 0.6 is 0 Å². The number of carbonyl (C=O) groups excluding carboxylic acids is 1. The van der Waals surface area contributed by atoms with Crippen LogP contribution in [0.2, 0.25) is 0 Å². The first-order chi connectivity index (χ1) is 15.4. The highest BCUT2D eigenvalue weighted by Crippen LogP contribution is 2.23. The van der Waals surface area contributed by atoms with E-state index in [1.54, 1.807) is 0 Å². The number of benzene rings is 3. The zero-order valence-corrected chi connectivity index (χ0v) is 19.3. The lowest BCUT2D eigenvalue weighted by Gasteiger charge is -2.20. The SMILES string of the molecule is CC(NCCC(=O)c1ccc2cc(OCCCN(C)C)ccc2c1)C(O)c1ccccc1. The third-order valence-corrected chi connectivity index (χ3v) is 5.59. The molecule has 3 aromatic rings. The minimum Gasteiger partial charge on any atom is -0.494 e. The number of fused-ring (bicyclic) bond motifs is 1. The Morgan fingerprint density at radius 2 is 1.75 bits per heavy atom. The molecule has 0 aliphatic rings. The molecule has 170 valence electrons. The van der Waals surface area contributed by atoms with Gasteiger partial charge in [0, 0.05) is 31.1 Å². The van der Waals surface area contributed by atoms with Crippen LogP contribution in [0.5, 0.6) is 5.75 Å². The zero-order chi connectivity index (χ0) is 22.9. The van der Waals surface area contributed by atoms with Gasteiger partial charge in [0.05, 0.1) is 12.7 Å². The first kappa shape index (κ1) is 23.9. The lowest BCUT2D eigenvalue weighted by molar-refractivity contribution is 0.0972. The fourth-order valence-corrected chi connectivity index (χ4v) is 3.67. The molecular weight excluding hydrogens is 400 g/mol. The van der Waals surface area contributed by atoms with Crippen LogP contribution in [0.15, 0.2) is 66.7 Å². The fourth-order valence-electron chi connectivity index (χ4n) is 3.67. The highest BCUT2D eigenvalue weighted by atomic mass is 16.5. The average Bonchev–Trinajstić information content (AvgIpc) is 2.81. The van der Waals surface area contributed by atoms with Gasteiger partial charge in [-0.25, -0.2) is 0 Å². The Balaban J connectivity index is 1.51. The van der Waals surface area contributed by atoms with Crippen molar-refractivity contribution in [2.24, 2.45) is 0 Å². The van der Waals surface area contributed by atoms with Crippen LogP contribution in [0.1, 0.15) is 41.8 Å². The number of ketones is 1. The van der Waals surface area contributed by atoms with E-state index in [4.69, 9.17) is 4.74 Å². The molecule has 2 unspecified atom stereocenters. The van der Waals surface area contributed by atoms with Gasteiger partial charge >= 0.3 is 0 Å². The number of carbonyl (C=O) groups is 1. The molecule has 0 aromatic heterocycles. The van der Waals surface area contributed by atoms with Crippen molar-refractivity contribution in [1.82, 2.24) is 10.2 Å². The van der Waals surface area contributed by atoms with E-state index >= 15 is 0 Å². The lowest BCUT2D eigenvalue weighted by atomic mass is 10.0. The second-order valence-corrected chi connectivity index (χ2v) is 8.50. The van der Waals surface area contributed by atoms with Crippen LogP contribution in [0.4, 0.5) is 0 Å². The van der Waals surface area contributed by atoms with Gasteiger partial charge < -0.3 is 20.1 Å². The maximum Gasteiger partial charge on any atom is 0.164 e. The van der Waals surface area contributed by atoms with Crippen LogP contribution in [0.3, 0.4) is 0 Å². The number of aliphatic hydroxyl groups excluding tert-OH is 1. The summed E-state index contributed by atoms with van der Waals surface area (Å²) in [6.07, 6.45) is 0.754. The first-order valence-corrected chi connectivity index (χ1v) is 11.2. The van der Waals surface area contributed by atoms with Gasteiger partial charge in [-0.15, -0.1) is 0 Å². The maximum absolute atomic E-state index is 12.7. The summed E-state index contributed by atoms with van der Waals surface area (Å²) in [5.74, 6) is 0.940. The van der Waals surface area contributed by atoms with Crippen molar-refractivity contribution in [2.45, 2.75) is 31.9 Å². The fraction of sp³-hybridized carbons (Fsp3) is 0.370. The van der Waals surface area contributed by atoms with Crippen molar-refractivity contribution in [3.8, 4) is 5.75 Å². The van der Waals surface area contributed by atoms with E-state index in [2.05, 4.69) is 24.3 Å². The number of Topliss-reactive ketones (excluding diaryl/α,β-unsaturated/α-hetero) is 1. The van der Waals surface area contributed by atoms with Crippen LogP contribution in [-0.2, 0) is 0 Å². The predicted octanol–water partition coefficient (Wildman–Crippen LogP) is 4.45. The number of nitrogens with one attached hydrogen (secondary N) is 1. The molecule has 3 rings (SSSR count). The van der Waals surface area contributed by atoms with E-state index in [9.17, 15) is 9.90 Å². The Morgan fingerprint density at radius 1 is 1.03 bits per heavy atom. The Morgan fingerprint density at radius 3 is 2.50 bits per heavy atom. The van der Waals surface area contributed by atoms with Gasteiger partial charge in [0.25, 0.3) is 0 Å². The summed E-state index contributed by atoms with van der Waals surface area (Å²) in [6.45, 7) is 4.13. The minimum absolute atomic E-state index is 0.0878. The van der Waals surface area contributed by atoms with Gasteiger partial charge in [-0.2, -0.15) is 0 Å². The van der Waals surface area contributed by atoms with Gasteiger partial charge in [-0.05, 0) is 62.0 Å². The molecule has 0 amide bonds. The molecule has 0 saturated heterocycles. The highest BCUT2D eigenvalue weighted by Gasteiger charge is 2.16. The molecule has 0 fully saturated rings. The third-order valence-electron chi connectivity index (χ3n) is 5.59. The van der Waals surface area contributed by atoms with Gasteiger partial charge in [-0.1, -0.05) is 48.5 Å². The van der Waals surface area contributed by atoms with Crippen LogP contribution in [0.25, 0.3) is 10.8 Å². The van der Waals surface area contributed by atoms with E-state index in [1.807, 2.05) is 73.7 Å². The van der Waals surface area contributed by atoms with E-state index in [0.29, 0.717) is 25.1 Å². The second-order valence-electron chi connectivity index (χ2n) is 8.50. The summed E-state index contributed by atoms with van der Waals surface area (Å²) in [4.78, 5) is 14.8. The summed E-state index contributed by atoms with van der Waals surface area (Å²) in [5.41, 5.74) is 1.57. The predicted molar refractivity (Wildman–Crippen MR) is 130 cm³/mol. The number of hydrogen-bond acceptors (Lipinski definition) is 5. The summed E-state index contributed by atoms with van der Waals surface area (Å²) in [5, 5.41) is 15.8. The summed E-state index contributed by atoms with van der Waals surface area (Å²) in [6, 6.07) is 21.2. The number of hydrogen-bond donors (Lipinski definition) is 2. The maximum atomic E-state index is 12.7. The largest absolute Gasteiger partial charge is 0.494 e. The molecule has 0 aliphatic heterocycles. The second kappa shape index (κ2) is 11.8. The minimum atomic E-state index is -0.605. The molecule has 0 bridgehead atoms. The van der Waals surface area contributed by atoms with E-state index in [1.165, 1.54) is 0 Å². The van der Waals surface area contributed by atoms with E-state index in [0.717, 1.165) is 35.1 Å². The van der Waals surface area contributed by atoms with Gasteiger partial charge in [0.1, 0.15) is 5.75 Å². The molecule has 2 N–H and O–H groups in total. The van der Waals surface area contributed by atoms with Crippen LogP contribution in [0, 0.1) is 0 Å². The smallest absolute Gasteiger partial charge is 0.164 e. The van der Waals surface area contributed by atoms with E-state index in [-0.39, 0.29) is 11.8 Å². The monoisotopic (exact) mass is 434 g/mol. The Labute approximate surface area is 191 Å². The molecule has 0 spiro atoms. The number of aliphatic hydroxyl groups is 1. The highest BCUT2D eigenvalue weighted by molar-refractivity contribution is 6.00. The molecular formula is C27H34N2O3. The number of rotatable bonds is 12. The summed E-state index contributed by atoms with van der Waals surface area (Å²) < 4.78 is 5.85. The van der Waals surface area contributed by atoms with Gasteiger partial charge in [0.15, 0.2) is 5.78 Å². The zero-order valence-electron chi connectivity index (χ0n) is 19.3. The quantitative estimate of drug-likeness (QED) is 0.326. The van der Waals surface area contributed by atoms with Gasteiger partial charge in [0.2, 0.25) is 0 Å². The van der Waals surface area contributed by atoms with Crippen molar-refractivity contribution < 1.29 is 14.6 Å². The number of nitrogens with zero attached hydrogens (tertiary/aromatic N) is 1. The molecule has 0 heterocycles. The standard InChI is InChI=1S/C27H34N2O3/c1-20(27(31)21-8-5-4-6-9-21)28-15-14-26(30)24-11-10-23-19-25(13-12-22(23)18-24)32-17-7-16-29(2)3/h4-6,8-13,18-20,27-28,31H,7,14-17H2,1-3H3.